The van der Waals surface area contributed by atoms with E-state index in [0.717, 1.165) is 12.0 Å². The Labute approximate surface area is 118 Å². The lowest BCUT2D eigenvalue weighted by molar-refractivity contribution is -0.146. The SMILES string of the molecule is CN1CC(CNC(=O)CCc2ccccc2)OCC1=O. The van der Waals surface area contributed by atoms with Crippen LogP contribution in [0.15, 0.2) is 30.3 Å². The molecule has 5 heteroatoms. The summed E-state index contributed by atoms with van der Waals surface area (Å²) in [5.41, 5.74) is 1.15. The van der Waals surface area contributed by atoms with E-state index in [1.54, 1.807) is 11.9 Å². The first-order valence-electron chi connectivity index (χ1n) is 6.81. The lowest BCUT2D eigenvalue weighted by Gasteiger charge is -2.29. The minimum Gasteiger partial charge on any atom is -0.365 e. The predicted octanol–water partition coefficient (Wildman–Crippen LogP) is 0.593. The fourth-order valence-electron chi connectivity index (χ4n) is 2.10. The normalized spacial score (nSPS) is 18.9. The van der Waals surface area contributed by atoms with Crippen LogP contribution in [0.5, 0.6) is 0 Å². The van der Waals surface area contributed by atoms with E-state index in [0.29, 0.717) is 19.5 Å². The maximum atomic E-state index is 11.8. The minimum atomic E-state index is -0.113. The van der Waals surface area contributed by atoms with Crippen molar-refractivity contribution in [2.24, 2.45) is 0 Å². The fraction of sp³-hybridized carbons (Fsp3) is 0.467. The molecule has 1 unspecified atom stereocenters. The van der Waals surface area contributed by atoms with Gasteiger partial charge in [-0.25, -0.2) is 0 Å². The van der Waals surface area contributed by atoms with Gasteiger partial charge >= 0.3 is 0 Å². The highest BCUT2D eigenvalue weighted by Crippen LogP contribution is 2.04. The van der Waals surface area contributed by atoms with Gasteiger partial charge in [0.05, 0.1) is 6.10 Å². The quantitative estimate of drug-likeness (QED) is 0.856. The van der Waals surface area contributed by atoms with E-state index in [4.69, 9.17) is 4.74 Å². The first-order valence-corrected chi connectivity index (χ1v) is 6.81. The summed E-state index contributed by atoms with van der Waals surface area (Å²) in [7, 11) is 1.75. The number of aryl methyl sites for hydroxylation is 1. The van der Waals surface area contributed by atoms with Crippen molar-refractivity contribution in [2.75, 3.05) is 26.7 Å². The molecule has 1 aliphatic heterocycles. The van der Waals surface area contributed by atoms with E-state index in [1.807, 2.05) is 30.3 Å². The average molecular weight is 276 g/mol. The Balaban J connectivity index is 1.66. The highest BCUT2D eigenvalue weighted by molar-refractivity contribution is 5.78. The standard InChI is InChI=1S/C15H20N2O3/c1-17-10-13(20-11-15(17)19)9-16-14(18)8-7-12-5-3-2-4-6-12/h2-6,13H,7-11H2,1H3,(H,16,18). The summed E-state index contributed by atoms with van der Waals surface area (Å²) in [4.78, 5) is 24.6. The van der Waals surface area contributed by atoms with Crippen LogP contribution in [0.4, 0.5) is 0 Å². The third-order valence-electron chi connectivity index (χ3n) is 3.36. The molecule has 1 heterocycles. The van der Waals surface area contributed by atoms with E-state index in [-0.39, 0.29) is 24.5 Å². The van der Waals surface area contributed by atoms with Crippen LogP contribution < -0.4 is 5.32 Å². The largest absolute Gasteiger partial charge is 0.365 e. The molecular formula is C15H20N2O3. The van der Waals surface area contributed by atoms with E-state index in [1.165, 1.54) is 0 Å². The van der Waals surface area contributed by atoms with Crippen LogP contribution in [0.2, 0.25) is 0 Å². The number of hydrogen-bond donors (Lipinski definition) is 1. The molecule has 2 amide bonds. The highest BCUT2D eigenvalue weighted by Gasteiger charge is 2.23. The molecule has 1 saturated heterocycles. The van der Waals surface area contributed by atoms with Gasteiger partial charge in [-0.3, -0.25) is 9.59 Å². The third-order valence-corrected chi connectivity index (χ3v) is 3.36. The summed E-state index contributed by atoms with van der Waals surface area (Å²) in [5.74, 6) is -0.00587. The molecule has 1 N–H and O–H groups in total. The number of nitrogens with zero attached hydrogens (tertiary/aromatic N) is 1. The van der Waals surface area contributed by atoms with Crippen LogP contribution in [-0.2, 0) is 20.7 Å². The molecule has 2 rings (SSSR count). The maximum Gasteiger partial charge on any atom is 0.248 e. The van der Waals surface area contributed by atoms with Crippen LogP contribution in [0, 0.1) is 0 Å². The van der Waals surface area contributed by atoms with E-state index in [2.05, 4.69) is 5.32 Å². The van der Waals surface area contributed by atoms with Crippen molar-refractivity contribution in [3.05, 3.63) is 35.9 Å². The second kappa shape index (κ2) is 7.05. The van der Waals surface area contributed by atoms with Crippen LogP contribution in [-0.4, -0.2) is 49.6 Å². The van der Waals surface area contributed by atoms with Crippen molar-refractivity contribution in [1.29, 1.82) is 0 Å². The average Bonchev–Trinajstić information content (AvgIpc) is 2.47. The minimum absolute atomic E-state index is 0.0111. The number of likely N-dealkylation sites (N-methyl/N-ethyl adjacent to an activating group) is 1. The van der Waals surface area contributed by atoms with Gasteiger partial charge in [0, 0.05) is 26.6 Å². The molecule has 0 radical (unpaired) electrons. The highest BCUT2D eigenvalue weighted by atomic mass is 16.5. The summed E-state index contributed by atoms with van der Waals surface area (Å²) in [5, 5.41) is 2.86. The number of hydrogen-bond acceptors (Lipinski definition) is 3. The zero-order chi connectivity index (χ0) is 14.4. The zero-order valence-electron chi connectivity index (χ0n) is 11.7. The van der Waals surface area contributed by atoms with Crippen molar-refractivity contribution < 1.29 is 14.3 Å². The van der Waals surface area contributed by atoms with E-state index < -0.39 is 0 Å². The van der Waals surface area contributed by atoms with E-state index >= 15 is 0 Å². The summed E-state index contributed by atoms with van der Waals surface area (Å²) in [6.07, 6.45) is 1.08. The Kier molecular flexibility index (Phi) is 5.12. The summed E-state index contributed by atoms with van der Waals surface area (Å²) in [6.45, 7) is 1.07. The molecule has 0 aliphatic carbocycles. The number of rotatable bonds is 5. The zero-order valence-corrected chi connectivity index (χ0v) is 11.7. The van der Waals surface area contributed by atoms with Crippen LogP contribution in [0.25, 0.3) is 0 Å². The first-order chi connectivity index (χ1) is 9.65. The number of amides is 2. The van der Waals surface area contributed by atoms with Crippen molar-refractivity contribution in [3.63, 3.8) is 0 Å². The number of morpholine rings is 1. The molecule has 0 spiro atoms. The second-order valence-corrected chi connectivity index (χ2v) is 5.00. The Hall–Kier alpha value is -1.88. The lowest BCUT2D eigenvalue weighted by atomic mass is 10.1. The number of carbonyl (C=O) groups excluding carboxylic acids is 2. The molecular weight excluding hydrogens is 256 g/mol. The van der Waals surface area contributed by atoms with Crippen molar-refractivity contribution in [1.82, 2.24) is 10.2 Å². The van der Waals surface area contributed by atoms with Crippen LogP contribution in [0.1, 0.15) is 12.0 Å². The third kappa shape index (κ3) is 4.35. The molecule has 0 saturated carbocycles. The van der Waals surface area contributed by atoms with Gasteiger partial charge in [-0.15, -0.1) is 0 Å². The van der Waals surface area contributed by atoms with Gasteiger partial charge in [0.25, 0.3) is 0 Å². The van der Waals surface area contributed by atoms with Gasteiger partial charge in [0.15, 0.2) is 0 Å². The first kappa shape index (κ1) is 14.5. The Bertz CT molecular complexity index is 461. The maximum absolute atomic E-state index is 11.8. The fourth-order valence-corrected chi connectivity index (χ4v) is 2.10. The van der Waals surface area contributed by atoms with E-state index in [9.17, 15) is 9.59 Å². The molecule has 1 aliphatic rings. The topological polar surface area (TPSA) is 58.6 Å². The summed E-state index contributed by atoms with van der Waals surface area (Å²) in [6, 6.07) is 9.92. The molecule has 5 nitrogen and oxygen atoms in total. The van der Waals surface area contributed by atoms with Gasteiger partial charge in [0.2, 0.25) is 11.8 Å². The smallest absolute Gasteiger partial charge is 0.248 e. The number of ether oxygens (including phenoxy) is 1. The van der Waals surface area contributed by atoms with Gasteiger partial charge < -0.3 is 15.0 Å². The van der Waals surface area contributed by atoms with Gasteiger partial charge in [0.1, 0.15) is 6.61 Å². The molecule has 0 aromatic heterocycles. The molecule has 108 valence electrons. The molecule has 20 heavy (non-hydrogen) atoms. The van der Waals surface area contributed by atoms with Gasteiger partial charge in [-0.05, 0) is 12.0 Å². The summed E-state index contributed by atoms with van der Waals surface area (Å²) >= 11 is 0. The summed E-state index contributed by atoms with van der Waals surface area (Å²) < 4.78 is 5.37. The molecule has 0 bridgehead atoms. The van der Waals surface area contributed by atoms with Crippen LogP contribution in [0.3, 0.4) is 0 Å². The van der Waals surface area contributed by atoms with Crippen molar-refractivity contribution in [3.8, 4) is 0 Å². The second-order valence-electron chi connectivity index (χ2n) is 5.00. The van der Waals surface area contributed by atoms with Crippen molar-refractivity contribution >= 4 is 11.8 Å². The number of carbonyl (C=O) groups is 2. The Morgan fingerprint density at radius 1 is 1.40 bits per heavy atom. The molecule has 1 atom stereocenters. The van der Waals surface area contributed by atoms with Gasteiger partial charge in [-0.2, -0.15) is 0 Å². The van der Waals surface area contributed by atoms with Gasteiger partial charge in [-0.1, -0.05) is 30.3 Å². The Morgan fingerprint density at radius 3 is 2.85 bits per heavy atom. The van der Waals surface area contributed by atoms with Crippen LogP contribution >= 0.6 is 0 Å². The number of nitrogens with one attached hydrogen (secondary N) is 1. The lowest BCUT2D eigenvalue weighted by Crippen LogP contribution is -2.48. The number of benzene rings is 1. The predicted molar refractivity (Wildman–Crippen MR) is 75.1 cm³/mol. The Morgan fingerprint density at radius 2 is 2.15 bits per heavy atom. The molecule has 1 fully saturated rings. The van der Waals surface area contributed by atoms with Crippen molar-refractivity contribution in [2.45, 2.75) is 18.9 Å². The molecule has 1 aromatic rings. The molecule has 1 aromatic carbocycles. The monoisotopic (exact) mass is 276 g/mol.